The van der Waals surface area contributed by atoms with Gasteiger partial charge in [0.1, 0.15) is 6.54 Å². The van der Waals surface area contributed by atoms with Crippen molar-refractivity contribution in [1.82, 2.24) is 15.1 Å². The van der Waals surface area contributed by atoms with Gasteiger partial charge in [-0.05, 0) is 38.0 Å². The molecule has 0 saturated carbocycles. The average molecular weight is 372 g/mol. The smallest absolute Gasteiger partial charge is 0.243 e. The minimum absolute atomic E-state index is 0.00125. The van der Waals surface area contributed by atoms with E-state index >= 15 is 0 Å². The van der Waals surface area contributed by atoms with Gasteiger partial charge < -0.3 is 20.0 Å². The van der Waals surface area contributed by atoms with Crippen molar-refractivity contribution in [3.05, 3.63) is 41.5 Å². The number of nitrogens with zero attached hydrogens (tertiary/aromatic N) is 4. The first-order chi connectivity index (χ1) is 12.8. The number of carbonyl (C=O) groups excluding carboxylic acids is 1. The van der Waals surface area contributed by atoms with Crippen molar-refractivity contribution in [2.24, 2.45) is 4.99 Å². The van der Waals surface area contributed by atoms with Crippen molar-refractivity contribution in [2.45, 2.75) is 20.8 Å². The molecule has 1 heterocycles. The van der Waals surface area contributed by atoms with E-state index in [4.69, 9.17) is 0 Å². The van der Waals surface area contributed by atoms with Crippen LogP contribution in [0, 0.1) is 13.8 Å². The predicted octanol–water partition coefficient (Wildman–Crippen LogP) is 2.04. The van der Waals surface area contributed by atoms with Crippen molar-refractivity contribution in [3.63, 3.8) is 0 Å². The zero-order valence-electron chi connectivity index (χ0n) is 17.4. The van der Waals surface area contributed by atoms with Crippen LogP contribution in [0.2, 0.25) is 0 Å². The monoisotopic (exact) mass is 371 g/mol. The van der Waals surface area contributed by atoms with E-state index in [1.54, 1.807) is 19.0 Å². The van der Waals surface area contributed by atoms with E-state index in [0.29, 0.717) is 6.54 Å². The molecule has 0 unspecified atom stereocenters. The number of carbonyl (C=O) groups is 1. The highest BCUT2D eigenvalue weighted by Gasteiger charge is 2.21. The van der Waals surface area contributed by atoms with Gasteiger partial charge in [0.15, 0.2) is 5.96 Å². The Labute approximate surface area is 163 Å². The number of hydrogen-bond acceptors (Lipinski definition) is 3. The topological polar surface area (TPSA) is 51.2 Å². The fraction of sp³-hybridized carbons (Fsp3) is 0.524. The van der Waals surface area contributed by atoms with Crippen LogP contribution in [0.1, 0.15) is 18.1 Å². The van der Waals surface area contributed by atoms with Gasteiger partial charge in [0.05, 0.1) is 0 Å². The van der Waals surface area contributed by atoms with Gasteiger partial charge in [-0.1, -0.05) is 24.3 Å². The number of piperazine rings is 1. The maximum absolute atomic E-state index is 11.9. The van der Waals surface area contributed by atoms with Crippen LogP contribution in [0.15, 0.2) is 35.3 Å². The Hall–Kier alpha value is -2.50. The van der Waals surface area contributed by atoms with E-state index < -0.39 is 0 Å². The molecule has 27 heavy (non-hydrogen) atoms. The predicted molar refractivity (Wildman–Crippen MR) is 114 cm³/mol. The van der Waals surface area contributed by atoms with E-state index in [0.717, 1.165) is 37.7 Å². The van der Waals surface area contributed by atoms with Crippen LogP contribution in [0.25, 0.3) is 0 Å². The Morgan fingerprint density at radius 1 is 1.22 bits per heavy atom. The summed E-state index contributed by atoms with van der Waals surface area (Å²) in [6.45, 7) is 14.7. The summed E-state index contributed by atoms with van der Waals surface area (Å²) in [7, 11) is 3.50. The number of benzene rings is 1. The maximum Gasteiger partial charge on any atom is 0.243 e. The average Bonchev–Trinajstić information content (AvgIpc) is 2.64. The van der Waals surface area contributed by atoms with Crippen molar-refractivity contribution in [2.75, 3.05) is 58.3 Å². The van der Waals surface area contributed by atoms with Gasteiger partial charge in [-0.15, -0.1) is 0 Å². The van der Waals surface area contributed by atoms with Gasteiger partial charge in [0, 0.05) is 52.5 Å². The lowest BCUT2D eigenvalue weighted by molar-refractivity contribution is -0.127. The summed E-state index contributed by atoms with van der Waals surface area (Å²) in [5.74, 6) is 0.785. The normalized spacial score (nSPS) is 14.9. The van der Waals surface area contributed by atoms with E-state index in [1.807, 2.05) is 6.92 Å². The van der Waals surface area contributed by atoms with Gasteiger partial charge in [0.2, 0.25) is 5.91 Å². The summed E-state index contributed by atoms with van der Waals surface area (Å²) in [4.78, 5) is 22.7. The Kier molecular flexibility index (Phi) is 7.28. The Balaban J connectivity index is 2.05. The third-order valence-corrected chi connectivity index (χ3v) is 4.91. The summed E-state index contributed by atoms with van der Waals surface area (Å²) >= 11 is 0. The lowest BCUT2D eigenvalue weighted by atomic mass is 10.1. The molecule has 1 aromatic rings. The molecule has 1 aromatic carbocycles. The largest absolute Gasteiger partial charge is 0.368 e. The molecule has 6 heteroatoms. The summed E-state index contributed by atoms with van der Waals surface area (Å²) < 4.78 is 0. The number of rotatable bonds is 5. The van der Waals surface area contributed by atoms with Crippen LogP contribution in [-0.2, 0) is 4.79 Å². The Bertz CT molecular complexity index is 703. The molecular weight excluding hydrogens is 338 g/mol. The van der Waals surface area contributed by atoms with Crippen molar-refractivity contribution in [3.8, 4) is 0 Å². The van der Waals surface area contributed by atoms with Crippen LogP contribution >= 0.6 is 0 Å². The lowest BCUT2D eigenvalue weighted by Gasteiger charge is -2.38. The Morgan fingerprint density at radius 2 is 1.89 bits per heavy atom. The first-order valence-corrected chi connectivity index (χ1v) is 9.48. The van der Waals surface area contributed by atoms with Crippen molar-refractivity contribution < 1.29 is 4.79 Å². The zero-order valence-corrected chi connectivity index (χ0v) is 17.4. The maximum atomic E-state index is 11.9. The molecule has 148 valence electrons. The fourth-order valence-corrected chi connectivity index (χ4v) is 3.02. The minimum Gasteiger partial charge on any atom is -0.368 e. The number of guanidine groups is 1. The van der Waals surface area contributed by atoms with Gasteiger partial charge in [-0.2, -0.15) is 0 Å². The fourth-order valence-electron chi connectivity index (χ4n) is 3.02. The molecule has 0 atom stereocenters. The summed E-state index contributed by atoms with van der Waals surface area (Å²) in [5.41, 5.74) is 5.01. The van der Waals surface area contributed by atoms with Crippen molar-refractivity contribution in [1.29, 1.82) is 0 Å². The van der Waals surface area contributed by atoms with E-state index in [9.17, 15) is 4.79 Å². The second-order valence-electron chi connectivity index (χ2n) is 7.43. The first kappa shape index (κ1) is 20.8. The van der Waals surface area contributed by atoms with Gasteiger partial charge in [-0.25, -0.2) is 4.99 Å². The number of amides is 1. The number of hydrogen-bond donors (Lipinski definition) is 1. The van der Waals surface area contributed by atoms with Gasteiger partial charge in [-0.3, -0.25) is 4.79 Å². The summed E-state index contributed by atoms with van der Waals surface area (Å²) in [5, 5.41) is 3.35. The van der Waals surface area contributed by atoms with Crippen LogP contribution < -0.4 is 10.2 Å². The van der Waals surface area contributed by atoms with E-state index in [-0.39, 0.29) is 12.5 Å². The first-order valence-electron chi connectivity index (χ1n) is 9.48. The molecule has 1 fully saturated rings. The molecule has 6 nitrogen and oxygen atoms in total. The SMILES string of the molecule is C=C(C)CNC(=NCC(=O)N(C)C)N1CCN(c2cccc(C)c2C)CC1. The third kappa shape index (κ3) is 5.74. The molecule has 0 bridgehead atoms. The molecule has 0 spiro atoms. The standard InChI is InChI=1S/C21H33N5O/c1-16(2)14-22-21(23-15-20(27)24(5)6)26-12-10-25(11-13-26)19-9-7-8-17(3)18(19)4/h7-9H,1,10-15H2,2-6H3,(H,22,23). The van der Waals surface area contributed by atoms with Crippen LogP contribution in [0.4, 0.5) is 5.69 Å². The molecule has 0 aliphatic carbocycles. The molecule has 0 radical (unpaired) electrons. The molecule has 1 N–H and O–H groups in total. The minimum atomic E-state index is -0.00125. The second kappa shape index (κ2) is 9.44. The molecule has 1 saturated heterocycles. The molecule has 1 amide bonds. The highest BCUT2D eigenvalue weighted by atomic mass is 16.2. The summed E-state index contributed by atoms with van der Waals surface area (Å²) in [6.07, 6.45) is 0. The summed E-state index contributed by atoms with van der Waals surface area (Å²) in [6, 6.07) is 6.48. The molecule has 2 rings (SSSR count). The Morgan fingerprint density at radius 3 is 2.48 bits per heavy atom. The zero-order chi connectivity index (χ0) is 20.0. The number of likely N-dealkylation sites (N-methyl/N-ethyl adjacent to an activating group) is 1. The molecular formula is C21H33N5O. The number of aryl methyl sites for hydroxylation is 1. The molecule has 0 aromatic heterocycles. The lowest BCUT2D eigenvalue weighted by Crippen LogP contribution is -2.53. The second-order valence-corrected chi connectivity index (χ2v) is 7.43. The number of nitrogens with one attached hydrogen (secondary N) is 1. The highest BCUT2D eigenvalue weighted by Crippen LogP contribution is 2.23. The van der Waals surface area contributed by atoms with Crippen molar-refractivity contribution >= 4 is 17.6 Å². The number of aliphatic imine (C=N–C) groups is 1. The van der Waals surface area contributed by atoms with E-state index in [2.05, 4.69) is 58.7 Å². The van der Waals surface area contributed by atoms with E-state index in [1.165, 1.54) is 16.8 Å². The number of anilines is 1. The van der Waals surface area contributed by atoms with Crippen LogP contribution in [0.3, 0.4) is 0 Å². The quantitative estimate of drug-likeness (QED) is 0.489. The third-order valence-electron chi connectivity index (χ3n) is 4.91. The van der Waals surface area contributed by atoms with Crippen LogP contribution in [0.5, 0.6) is 0 Å². The van der Waals surface area contributed by atoms with Gasteiger partial charge in [0.25, 0.3) is 0 Å². The highest BCUT2D eigenvalue weighted by molar-refractivity contribution is 5.85. The molecule has 1 aliphatic heterocycles. The molecule has 1 aliphatic rings. The van der Waals surface area contributed by atoms with Crippen LogP contribution in [-0.4, -0.2) is 75.0 Å². The van der Waals surface area contributed by atoms with Gasteiger partial charge >= 0.3 is 0 Å².